The molecule has 1 atom stereocenters. The lowest BCUT2D eigenvalue weighted by Crippen LogP contribution is -2.43. The molecule has 25 heavy (non-hydrogen) atoms. The average Bonchev–Trinajstić information content (AvgIpc) is 3.45. The Balaban J connectivity index is 1.82. The summed E-state index contributed by atoms with van der Waals surface area (Å²) in [5.41, 5.74) is 1.12. The van der Waals surface area contributed by atoms with Gasteiger partial charge in [-0.15, -0.1) is 0 Å². The summed E-state index contributed by atoms with van der Waals surface area (Å²) in [7, 11) is 1.63. The van der Waals surface area contributed by atoms with Crippen molar-refractivity contribution in [2.24, 2.45) is 0 Å². The minimum absolute atomic E-state index is 0.0131. The number of rotatable bonds is 6. The Bertz CT molecular complexity index is 810. The maximum atomic E-state index is 12.8. The van der Waals surface area contributed by atoms with Crippen LogP contribution >= 0.6 is 0 Å². The number of benzene rings is 2. The normalized spacial score (nSPS) is 14.8. The van der Waals surface area contributed by atoms with Gasteiger partial charge in [-0.25, -0.2) is 0 Å². The maximum absolute atomic E-state index is 12.8. The molecule has 4 heteroatoms. The van der Waals surface area contributed by atoms with Gasteiger partial charge in [0.1, 0.15) is 0 Å². The van der Waals surface area contributed by atoms with Crippen LogP contribution in [-0.4, -0.2) is 41.2 Å². The second-order valence-electron chi connectivity index (χ2n) is 6.71. The zero-order chi connectivity index (χ0) is 18.0. The van der Waals surface area contributed by atoms with Crippen molar-refractivity contribution in [3.63, 3.8) is 0 Å². The molecule has 1 fully saturated rings. The van der Waals surface area contributed by atoms with E-state index in [0.29, 0.717) is 0 Å². The van der Waals surface area contributed by atoms with E-state index in [1.165, 1.54) is 21.7 Å². The van der Waals surface area contributed by atoms with Gasteiger partial charge in [0.2, 0.25) is 11.8 Å². The van der Waals surface area contributed by atoms with Crippen LogP contribution in [0.4, 0.5) is 0 Å². The molecule has 0 N–H and O–H groups in total. The monoisotopic (exact) mass is 336 g/mol. The summed E-state index contributed by atoms with van der Waals surface area (Å²) in [6, 6.07) is 14.8. The molecule has 1 saturated carbocycles. The summed E-state index contributed by atoms with van der Waals surface area (Å²) in [4.78, 5) is 27.9. The Morgan fingerprint density at radius 1 is 1.20 bits per heavy atom. The largest absolute Gasteiger partial charge is 0.333 e. The summed E-state index contributed by atoms with van der Waals surface area (Å²) in [5, 5.41) is 2.37. The third-order valence-electron chi connectivity index (χ3n) is 4.82. The van der Waals surface area contributed by atoms with Crippen molar-refractivity contribution < 1.29 is 9.59 Å². The van der Waals surface area contributed by atoms with E-state index in [1.54, 1.807) is 7.05 Å². The first-order chi connectivity index (χ1) is 12.0. The molecule has 0 spiro atoms. The number of hydrogen-bond acceptors (Lipinski definition) is 2. The van der Waals surface area contributed by atoms with Gasteiger partial charge >= 0.3 is 0 Å². The van der Waals surface area contributed by atoms with E-state index in [9.17, 15) is 9.59 Å². The van der Waals surface area contributed by atoms with Gasteiger partial charge in [0, 0.05) is 13.1 Å². The molecule has 3 rings (SSSR count). The highest BCUT2D eigenvalue weighted by Crippen LogP contribution is 2.35. The van der Waals surface area contributed by atoms with Crippen LogP contribution in [0.1, 0.15) is 31.4 Å². The molecule has 0 aliphatic heterocycles. The topological polar surface area (TPSA) is 40.6 Å². The van der Waals surface area contributed by atoms with Crippen LogP contribution < -0.4 is 0 Å². The SMILES string of the molecule is C=CC(=O)N(C)CC(=O)N(C1CC1)C(C)c1ccc2ccccc2c1. The van der Waals surface area contributed by atoms with Crippen molar-refractivity contribution in [3.05, 3.63) is 60.7 Å². The molecule has 1 aliphatic carbocycles. The summed E-state index contributed by atoms with van der Waals surface area (Å²) in [6.45, 7) is 5.62. The first-order valence-electron chi connectivity index (χ1n) is 8.68. The number of carbonyl (C=O) groups excluding carboxylic acids is 2. The summed E-state index contributed by atoms with van der Waals surface area (Å²) in [5.74, 6) is -0.247. The summed E-state index contributed by atoms with van der Waals surface area (Å²) < 4.78 is 0. The molecule has 0 bridgehead atoms. The standard InChI is InChI=1S/C21H24N2O2/c1-4-20(24)22(3)14-21(25)23(19-11-12-19)15(2)17-10-9-16-7-5-6-8-18(16)13-17/h4-10,13,15,19H,1,11-12,14H2,2-3H3. The van der Waals surface area contributed by atoms with E-state index in [2.05, 4.69) is 43.8 Å². The molecule has 2 amide bonds. The van der Waals surface area contributed by atoms with Crippen LogP contribution in [0.2, 0.25) is 0 Å². The van der Waals surface area contributed by atoms with Gasteiger partial charge in [-0.1, -0.05) is 43.0 Å². The molecule has 0 saturated heterocycles. The van der Waals surface area contributed by atoms with E-state index < -0.39 is 0 Å². The first-order valence-corrected chi connectivity index (χ1v) is 8.68. The van der Waals surface area contributed by atoms with Gasteiger partial charge < -0.3 is 9.80 Å². The minimum Gasteiger partial charge on any atom is -0.333 e. The van der Waals surface area contributed by atoms with Gasteiger partial charge in [0.25, 0.3) is 0 Å². The second kappa shape index (κ2) is 7.09. The van der Waals surface area contributed by atoms with Gasteiger partial charge in [-0.2, -0.15) is 0 Å². The van der Waals surface area contributed by atoms with E-state index in [-0.39, 0.29) is 30.4 Å². The van der Waals surface area contributed by atoms with Crippen LogP contribution in [0, 0.1) is 0 Å². The minimum atomic E-state index is -0.234. The van der Waals surface area contributed by atoms with Crippen LogP contribution in [0.25, 0.3) is 10.8 Å². The third kappa shape index (κ3) is 3.73. The molecular weight excluding hydrogens is 312 g/mol. The number of amides is 2. The van der Waals surface area contributed by atoms with Crippen LogP contribution in [0.5, 0.6) is 0 Å². The van der Waals surface area contributed by atoms with E-state index >= 15 is 0 Å². The molecule has 1 aliphatic rings. The quantitative estimate of drug-likeness (QED) is 0.757. The molecule has 4 nitrogen and oxygen atoms in total. The van der Waals surface area contributed by atoms with Crippen molar-refractivity contribution in [2.45, 2.75) is 31.8 Å². The predicted octanol–water partition coefficient (Wildman–Crippen LogP) is 3.54. The number of hydrogen-bond donors (Lipinski definition) is 0. The van der Waals surface area contributed by atoms with Crippen molar-refractivity contribution in [2.75, 3.05) is 13.6 Å². The number of fused-ring (bicyclic) bond motifs is 1. The van der Waals surface area contributed by atoms with E-state index in [1.807, 2.05) is 17.0 Å². The Hall–Kier alpha value is -2.62. The molecule has 0 aromatic heterocycles. The Morgan fingerprint density at radius 3 is 2.52 bits per heavy atom. The highest BCUT2D eigenvalue weighted by atomic mass is 16.2. The zero-order valence-corrected chi connectivity index (χ0v) is 14.8. The molecule has 1 unspecified atom stereocenters. The smallest absolute Gasteiger partial charge is 0.246 e. The van der Waals surface area contributed by atoms with Crippen LogP contribution in [-0.2, 0) is 9.59 Å². The van der Waals surface area contributed by atoms with Crippen LogP contribution in [0.3, 0.4) is 0 Å². The molecule has 2 aromatic rings. The molecule has 0 radical (unpaired) electrons. The summed E-state index contributed by atoms with van der Waals surface area (Å²) in [6.07, 6.45) is 3.30. The number of carbonyl (C=O) groups is 2. The second-order valence-corrected chi connectivity index (χ2v) is 6.71. The van der Waals surface area contributed by atoms with E-state index in [0.717, 1.165) is 18.4 Å². The van der Waals surface area contributed by atoms with Gasteiger partial charge in [-0.3, -0.25) is 9.59 Å². The third-order valence-corrected chi connectivity index (χ3v) is 4.82. The molecule has 0 heterocycles. The van der Waals surface area contributed by atoms with Gasteiger partial charge in [-0.05, 0) is 48.2 Å². The molecular formula is C21H24N2O2. The lowest BCUT2D eigenvalue weighted by Gasteiger charge is -2.31. The Kier molecular flexibility index (Phi) is 4.88. The number of nitrogens with zero attached hydrogens (tertiary/aromatic N) is 2. The predicted molar refractivity (Wildman–Crippen MR) is 100 cm³/mol. The van der Waals surface area contributed by atoms with Gasteiger partial charge in [0.15, 0.2) is 0 Å². The fourth-order valence-electron chi connectivity index (χ4n) is 3.24. The fraction of sp³-hybridized carbons (Fsp3) is 0.333. The van der Waals surface area contributed by atoms with Crippen LogP contribution in [0.15, 0.2) is 55.1 Å². The molecule has 130 valence electrons. The lowest BCUT2D eigenvalue weighted by atomic mass is 10.0. The summed E-state index contributed by atoms with van der Waals surface area (Å²) >= 11 is 0. The van der Waals surface area contributed by atoms with E-state index in [4.69, 9.17) is 0 Å². The van der Waals surface area contributed by atoms with Gasteiger partial charge in [0.05, 0.1) is 12.6 Å². The van der Waals surface area contributed by atoms with Crippen molar-refractivity contribution in [1.29, 1.82) is 0 Å². The van der Waals surface area contributed by atoms with Crippen molar-refractivity contribution in [1.82, 2.24) is 9.80 Å². The maximum Gasteiger partial charge on any atom is 0.246 e. The highest BCUT2D eigenvalue weighted by Gasteiger charge is 2.36. The average molecular weight is 336 g/mol. The Labute approximate surface area is 148 Å². The zero-order valence-electron chi connectivity index (χ0n) is 14.8. The van der Waals surface area contributed by atoms with Crippen molar-refractivity contribution >= 4 is 22.6 Å². The Morgan fingerprint density at radius 2 is 1.88 bits per heavy atom. The molecule has 2 aromatic carbocycles. The highest BCUT2D eigenvalue weighted by molar-refractivity contribution is 5.91. The lowest BCUT2D eigenvalue weighted by molar-refractivity contribution is -0.139. The first kappa shape index (κ1) is 17.2. The number of likely N-dealkylation sites (N-methyl/N-ethyl adjacent to an activating group) is 1. The van der Waals surface area contributed by atoms with Crippen molar-refractivity contribution in [3.8, 4) is 0 Å². The fourth-order valence-corrected chi connectivity index (χ4v) is 3.24.